The zero-order valence-corrected chi connectivity index (χ0v) is 9.00. The fraction of sp³-hybridized carbons (Fsp3) is 0.818. The molecule has 4 unspecified atom stereocenters. The van der Waals surface area contributed by atoms with Crippen molar-refractivity contribution >= 4 is 0 Å². The highest BCUT2D eigenvalue weighted by atomic mass is 16.3. The summed E-state index contributed by atoms with van der Waals surface area (Å²) in [4.78, 5) is 0. The molecule has 3 rings (SSSR count). The van der Waals surface area contributed by atoms with Gasteiger partial charge in [-0.2, -0.15) is 0 Å². The number of aliphatic hydroxyl groups excluding tert-OH is 1. The van der Waals surface area contributed by atoms with Crippen molar-refractivity contribution in [1.82, 2.24) is 15.0 Å². The predicted molar refractivity (Wildman–Crippen MR) is 54.9 cm³/mol. The monoisotopic (exact) mass is 207 g/mol. The molecule has 1 heterocycles. The summed E-state index contributed by atoms with van der Waals surface area (Å²) in [6, 6.07) is 0. The van der Waals surface area contributed by atoms with Gasteiger partial charge in [0.05, 0.1) is 11.9 Å². The first-order valence-corrected chi connectivity index (χ1v) is 5.78. The summed E-state index contributed by atoms with van der Waals surface area (Å²) < 4.78 is 1.69. The highest BCUT2D eigenvalue weighted by molar-refractivity contribution is 5.05. The van der Waals surface area contributed by atoms with E-state index in [1.165, 1.54) is 25.7 Å². The Hall–Kier alpha value is -0.900. The summed E-state index contributed by atoms with van der Waals surface area (Å²) in [5, 5.41) is 18.0. The van der Waals surface area contributed by atoms with E-state index in [1.807, 2.05) is 7.05 Å². The van der Waals surface area contributed by atoms with Gasteiger partial charge in [0.15, 0.2) is 0 Å². The average molecular weight is 207 g/mol. The van der Waals surface area contributed by atoms with Gasteiger partial charge in [-0.1, -0.05) is 11.6 Å². The van der Waals surface area contributed by atoms with Crippen LogP contribution in [0.25, 0.3) is 0 Å². The minimum Gasteiger partial charge on any atom is -0.386 e. The Balaban J connectivity index is 1.81. The van der Waals surface area contributed by atoms with Gasteiger partial charge < -0.3 is 5.11 Å². The largest absolute Gasteiger partial charge is 0.386 e. The predicted octanol–water partition coefficient (Wildman–Crippen LogP) is 1.28. The highest BCUT2D eigenvalue weighted by Crippen LogP contribution is 2.52. The van der Waals surface area contributed by atoms with E-state index in [1.54, 1.807) is 10.9 Å². The summed E-state index contributed by atoms with van der Waals surface area (Å²) in [7, 11) is 1.85. The van der Waals surface area contributed by atoms with Crippen molar-refractivity contribution in [3.05, 3.63) is 11.9 Å². The second-order valence-corrected chi connectivity index (χ2v) is 5.07. The molecule has 15 heavy (non-hydrogen) atoms. The average Bonchev–Trinajstić information content (AvgIpc) is 2.91. The van der Waals surface area contributed by atoms with E-state index in [0.717, 1.165) is 17.5 Å². The number of aromatic nitrogens is 3. The molecule has 0 saturated heterocycles. The highest BCUT2D eigenvalue weighted by Gasteiger charge is 2.43. The Bertz CT molecular complexity index is 362. The molecule has 2 saturated carbocycles. The van der Waals surface area contributed by atoms with Crippen molar-refractivity contribution in [3.63, 3.8) is 0 Å². The molecule has 2 fully saturated rings. The Morgan fingerprint density at radius 3 is 2.87 bits per heavy atom. The smallest absolute Gasteiger partial charge is 0.100 e. The van der Waals surface area contributed by atoms with E-state index in [-0.39, 0.29) is 6.10 Å². The van der Waals surface area contributed by atoms with Crippen molar-refractivity contribution in [2.75, 3.05) is 0 Å². The first-order chi connectivity index (χ1) is 7.25. The number of fused-ring (bicyclic) bond motifs is 2. The van der Waals surface area contributed by atoms with Gasteiger partial charge in [-0.15, -0.1) is 5.10 Å². The lowest BCUT2D eigenvalue weighted by Crippen LogP contribution is -2.21. The van der Waals surface area contributed by atoms with Crippen LogP contribution >= 0.6 is 0 Å². The maximum Gasteiger partial charge on any atom is 0.100 e. The Labute approximate surface area is 89.3 Å². The molecule has 4 nitrogen and oxygen atoms in total. The van der Waals surface area contributed by atoms with Crippen molar-refractivity contribution in [3.8, 4) is 0 Å². The molecule has 0 spiro atoms. The third kappa shape index (κ3) is 1.39. The number of aliphatic hydroxyl groups is 1. The standard InChI is InChI=1S/C11H17N3O/c1-14-10(6-12-13-14)11(15)9-5-7-2-3-8(9)4-7/h6-9,11,15H,2-5H2,1H3. The lowest BCUT2D eigenvalue weighted by atomic mass is 9.83. The van der Waals surface area contributed by atoms with Gasteiger partial charge in [-0.25, -0.2) is 4.68 Å². The van der Waals surface area contributed by atoms with Crippen LogP contribution in [0.15, 0.2) is 6.20 Å². The van der Waals surface area contributed by atoms with E-state index < -0.39 is 0 Å². The fourth-order valence-electron chi connectivity index (χ4n) is 3.47. The van der Waals surface area contributed by atoms with E-state index in [9.17, 15) is 5.11 Å². The van der Waals surface area contributed by atoms with Crippen LogP contribution in [-0.4, -0.2) is 20.1 Å². The first kappa shape index (κ1) is 9.33. The van der Waals surface area contributed by atoms with Crippen molar-refractivity contribution in [2.24, 2.45) is 24.8 Å². The van der Waals surface area contributed by atoms with Gasteiger partial charge in [0.25, 0.3) is 0 Å². The van der Waals surface area contributed by atoms with Gasteiger partial charge in [-0.3, -0.25) is 0 Å². The molecule has 82 valence electrons. The summed E-state index contributed by atoms with van der Waals surface area (Å²) >= 11 is 0. The Morgan fingerprint density at radius 2 is 2.33 bits per heavy atom. The molecule has 2 aliphatic rings. The molecule has 1 aromatic rings. The zero-order chi connectivity index (χ0) is 10.4. The molecular formula is C11H17N3O. The second kappa shape index (κ2) is 3.30. The molecule has 4 heteroatoms. The number of rotatable bonds is 2. The Kier molecular flexibility index (Phi) is 2.06. The van der Waals surface area contributed by atoms with E-state index in [4.69, 9.17) is 0 Å². The topological polar surface area (TPSA) is 50.9 Å². The van der Waals surface area contributed by atoms with E-state index >= 15 is 0 Å². The van der Waals surface area contributed by atoms with Crippen molar-refractivity contribution < 1.29 is 5.11 Å². The molecular weight excluding hydrogens is 190 g/mol. The summed E-state index contributed by atoms with van der Waals surface area (Å²) in [5.74, 6) is 2.05. The minimum absolute atomic E-state index is 0.361. The van der Waals surface area contributed by atoms with Gasteiger partial charge >= 0.3 is 0 Å². The van der Waals surface area contributed by atoms with E-state index in [0.29, 0.717) is 5.92 Å². The molecule has 1 N–H and O–H groups in total. The minimum atomic E-state index is -0.361. The fourth-order valence-corrected chi connectivity index (χ4v) is 3.47. The van der Waals surface area contributed by atoms with Crippen molar-refractivity contribution in [2.45, 2.75) is 31.8 Å². The van der Waals surface area contributed by atoms with Gasteiger partial charge in [-0.05, 0) is 37.0 Å². The third-order valence-electron chi connectivity index (χ3n) is 4.25. The molecule has 1 aromatic heterocycles. The zero-order valence-electron chi connectivity index (χ0n) is 9.00. The van der Waals surface area contributed by atoms with Crippen LogP contribution in [0.1, 0.15) is 37.5 Å². The summed E-state index contributed by atoms with van der Waals surface area (Å²) in [6.45, 7) is 0. The Morgan fingerprint density at radius 1 is 1.47 bits per heavy atom. The third-order valence-corrected chi connectivity index (χ3v) is 4.25. The molecule has 0 aromatic carbocycles. The number of hydrogen-bond acceptors (Lipinski definition) is 3. The maximum atomic E-state index is 10.3. The van der Waals surface area contributed by atoms with Crippen LogP contribution in [0.3, 0.4) is 0 Å². The molecule has 0 aliphatic heterocycles. The number of hydrogen-bond donors (Lipinski definition) is 1. The van der Waals surface area contributed by atoms with Crippen molar-refractivity contribution in [1.29, 1.82) is 0 Å². The van der Waals surface area contributed by atoms with Crippen LogP contribution in [-0.2, 0) is 7.05 Å². The lowest BCUT2D eigenvalue weighted by Gasteiger charge is -2.26. The van der Waals surface area contributed by atoms with Gasteiger partial charge in [0, 0.05) is 7.05 Å². The summed E-state index contributed by atoms with van der Waals surface area (Å²) in [5.41, 5.74) is 0.868. The van der Waals surface area contributed by atoms with Gasteiger partial charge in [0.1, 0.15) is 6.10 Å². The number of aryl methyl sites for hydroxylation is 1. The van der Waals surface area contributed by atoms with Crippen LogP contribution in [0, 0.1) is 17.8 Å². The molecule has 0 radical (unpaired) electrons. The molecule has 4 atom stereocenters. The SMILES string of the molecule is Cn1nncc1C(O)C1CC2CCC1C2. The molecule has 2 bridgehead atoms. The van der Waals surface area contributed by atoms with Crippen LogP contribution in [0.4, 0.5) is 0 Å². The van der Waals surface area contributed by atoms with Gasteiger partial charge in [0.2, 0.25) is 0 Å². The maximum absolute atomic E-state index is 10.3. The summed E-state index contributed by atoms with van der Waals surface area (Å²) in [6.07, 6.45) is 6.52. The normalized spacial score (nSPS) is 36.0. The van der Waals surface area contributed by atoms with E-state index in [2.05, 4.69) is 10.3 Å². The first-order valence-electron chi connectivity index (χ1n) is 5.78. The quantitative estimate of drug-likeness (QED) is 0.795. The lowest BCUT2D eigenvalue weighted by molar-refractivity contribution is 0.0677. The second-order valence-electron chi connectivity index (χ2n) is 5.07. The molecule has 0 amide bonds. The van der Waals surface area contributed by atoms with Crippen LogP contribution < -0.4 is 0 Å². The molecule has 2 aliphatic carbocycles. The van der Waals surface area contributed by atoms with Crippen LogP contribution in [0.5, 0.6) is 0 Å². The van der Waals surface area contributed by atoms with Crippen LogP contribution in [0.2, 0.25) is 0 Å². The number of nitrogens with zero attached hydrogens (tertiary/aromatic N) is 3.